The summed E-state index contributed by atoms with van der Waals surface area (Å²) in [5, 5.41) is 6.28. The number of nitrogens with zero attached hydrogens (tertiary/aromatic N) is 1. The number of likely N-dealkylation sites (tertiary alicyclic amines) is 1. The minimum Gasteiger partial charge on any atom is -0.359 e. The first-order valence-corrected chi connectivity index (χ1v) is 14.2. The molecule has 4 aliphatic rings. The molecule has 5 atom stereocenters. The normalized spacial score (nSPS) is 29.5. The second kappa shape index (κ2) is 9.94. The van der Waals surface area contributed by atoms with Crippen LogP contribution in [0.3, 0.4) is 0 Å². The van der Waals surface area contributed by atoms with E-state index in [0.717, 1.165) is 47.9 Å². The molecule has 2 aromatic carbocycles. The van der Waals surface area contributed by atoms with Gasteiger partial charge >= 0.3 is 0 Å². The minimum atomic E-state index is -1.16. The first-order chi connectivity index (χ1) is 18.7. The number of carbonyl (C=O) groups excluding carboxylic acids is 3. The number of hydrogen-bond acceptors (Lipinski definition) is 4. The molecule has 2 bridgehead atoms. The van der Waals surface area contributed by atoms with Crippen LogP contribution in [0.25, 0.3) is 0 Å². The number of rotatable bonds is 6. The third-order valence-corrected chi connectivity index (χ3v) is 8.84. The van der Waals surface area contributed by atoms with E-state index < -0.39 is 29.6 Å². The van der Waals surface area contributed by atoms with Gasteiger partial charge in [-0.05, 0) is 62.4 Å². The van der Waals surface area contributed by atoms with E-state index >= 15 is 0 Å². The number of ether oxygens (including phenoxy) is 1. The fraction of sp³-hybridized carbons (Fsp3) is 0.469. The highest BCUT2D eigenvalue weighted by Crippen LogP contribution is 2.55. The van der Waals surface area contributed by atoms with Gasteiger partial charge in [0.1, 0.15) is 11.6 Å². The van der Waals surface area contributed by atoms with Gasteiger partial charge in [0.05, 0.1) is 17.9 Å². The lowest BCUT2D eigenvalue weighted by Crippen LogP contribution is -2.56. The van der Waals surface area contributed by atoms with Gasteiger partial charge < -0.3 is 20.3 Å². The van der Waals surface area contributed by atoms with Crippen molar-refractivity contribution in [2.45, 2.75) is 83.2 Å². The molecule has 3 amide bonds. The molecule has 0 unspecified atom stereocenters. The molecule has 39 heavy (non-hydrogen) atoms. The van der Waals surface area contributed by atoms with Crippen molar-refractivity contribution in [3.63, 3.8) is 0 Å². The lowest BCUT2D eigenvalue weighted by atomic mass is 9.74. The van der Waals surface area contributed by atoms with Crippen LogP contribution in [0.4, 0.5) is 5.69 Å². The Kier molecular flexibility index (Phi) is 6.58. The average molecular weight is 528 g/mol. The van der Waals surface area contributed by atoms with E-state index in [1.165, 1.54) is 6.42 Å². The van der Waals surface area contributed by atoms with Gasteiger partial charge in [-0.3, -0.25) is 14.4 Å². The number of anilines is 1. The molecule has 0 radical (unpaired) electrons. The van der Waals surface area contributed by atoms with Gasteiger partial charge in [-0.2, -0.15) is 0 Å². The summed E-state index contributed by atoms with van der Waals surface area (Å²) in [5.41, 5.74) is 3.71. The van der Waals surface area contributed by atoms with Crippen molar-refractivity contribution < 1.29 is 19.1 Å². The lowest BCUT2D eigenvalue weighted by molar-refractivity contribution is -0.142. The van der Waals surface area contributed by atoms with Crippen molar-refractivity contribution in [2.75, 3.05) is 5.32 Å². The maximum Gasteiger partial charge on any atom is 0.246 e. The summed E-state index contributed by atoms with van der Waals surface area (Å²) in [5.74, 6) is -2.11. The zero-order chi connectivity index (χ0) is 27.3. The maximum absolute atomic E-state index is 14.2. The van der Waals surface area contributed by atoms with E-state index in [-0.39, 0.29) is 30.3 Å². The van der Waals surface area contributed by atoms with Crippen LogP contribution in [0, 0.1) is 32.6 Å². The van der Waals surface area contributed by atoms with Crippen molar-refractivity contribution in [1.82, 2.24) is 10.2 Å². The quantitative estimate of drug-likeness (QED) is 0.547. The monoisotopic (exact) mass is 527 g/mol. The van der Waals surface area contributed by atoms with Crippen molar-refractivity contribution in [3.8, 4) is 0 Å². The van der Waals surface area contributed by atoms with Crippen LogP contribution in [0.1, 0.15) is 54.4 Å². The first-order valence-electron chi connectivity index (χ1n) is 14.2. The lowest BCUT2D eigenvalue weighted by Gasteiger charge is -2.34. The Hall–Kier alpha value is -3.45. The second-order valence-electron chi connectivity index (χ2n) is 11.9. The molecule has 6 rings (SSSR count). The molecule has 1 spiro atoms. The summed E-state index contributed by atoms with van der Waals surface area (Å²) in [7, 11) is 0. The summed E-state index contributed by atoms with van der Waals surface area (Å²) in [6, 6.07) is 13.2. The van der Waals surface area contributed by atoms with E-state index in [1.807, 2.05) is 75.4 Å². The summed E-state index contributed by atoms with van der Waals surface area (Å²) < 4.78 is 6.49. The zero-order valence-electron chi connectivity index (χ0n) is 22.9. The highest BCUT2D eigenvalue weighted by Gasteiger charge is 2.72. The van der Waals surface area contributed by atoms with Crippen LogP contribution in [-0.4, -0.2) is 46.4 Å². The van der Waals surface area contributed by atoms with Crippen molar-refractivity contribution >= 4 is 23.4 Å². The Morgan fingerprint density at radius 3 is 2.33 bits per heavy atom. The molecule has 1 aliphatic carbocycles. The van der Waals surface area contributed by atoms with Gasteiger partial charge in [0.2, 0.25) is 17.7 Å². The van der Waals surface area contributed by atoms with Gasteiger partial charge in [-0.25, -0.2) is 0 Å². The third kappa shape index (κ3) is 4.56. The summed E-state index contributed by atoms with van der Waals surface area (Å²) in [6.45, 7) is 6.28. The maximum atomic E-state index is 14.2. The Morgan fingerprint density at radius 1 is 0.949 bits per heavy atom. The van der Waals surface area contributed by atoms with Crippen LogP contribution >= 0.6 is 0 Å². The number of carbonyl (C=O) groups is 3. The summed E-state index contributed by atoms with van der Waals surface area (Å²) in [6.07, 6.45) is 8.46. The molecule has 2 aromatic rings. The van der Waals surface area contributed by atoms with Crippen molar-refractivity contribution in [2.24, 2.45) is 11.8 Å². The molecule has 3 aliphatic heterocycles. The second-order valence-corrected chi connectivity index (χ2v) is 11.9. The predicted molar refractivity (Wildman–Crippen MR) is 149 cm³/mol. The highest BCUT2D eigenvalue weighted by atomic mass is 16.5. The average Bonchev–Trinajstić information content (AvgIpc) is 3.53. The van der Waals surface area contributed by atoms with Crippen molar-refractivity contribution in [3.05, 3.63) is 76.9 Å². The van der Waals surface area contributed by atoms with E-state index in [4.69, 9.17) is 4.74 Å². The molecule has 204 valence electrons. The number of amides is 3. The number of hydrogen-bond donors (Lipinski definition) is 2. The van der Waals surface area contributed by atoms with Gasteiger partial charge in [0.15, 0.2) is 0 Å². The highest BCUT2D eigenvalue weighted by molar-refractivity contribution is 6.02. The first kappa shape index (κ1) is 25.8. The van der Waals surface area contributed by atoms with Gasteiger partial charge in [-0.15, -0.1) is 0 Å². The van der Waals surface area contributed by atoms with Gasteiger partial charge in [0.25, 0.3) is 0 Å². The molecular weight excluding hydrogens is 490 g/mol. The smallest absolute Gasteiger partial charge is 0.246 e. The van der Waals surface area contributed by atoms with Crippen LogP contribution < -0.4 is 10.6 Å². The molecule has 0 aromatic heterocycles. The fourth-order valence-corrected chi connectivity index (χ4v) is 7.13. The van der Waals surface area contributed by atoms with Crippen molar-refractivity contribution in [1.29, 1.82) is 0 Å². The molecule has 1 saturated carbocycles. The molecule has 2 saturated heterocycles. The van der Waals surface area contributed by atoms with E-state index in [0.29, 0.717) is 5.69 Å². The SMILES string of the molecule is Cc1ccc(CN2C(=O)[C@@H]3[C@H](C(=O)Nc4cc(C)cc(C)c4)[C@@H]4C=C[C@@]3(O4)[C@@H]2C(=O)NC2CCCCC2)cc1. The molecule has 2 N–H and O–H groups in total. The zero-order valence-corrected chi connectivity index (χ0v) is 22.9. The largest absolute Gasteiger partial charge is 0.359 e. The minimum absolute atomic E-state index is 0.101. The molecular formula is C32H37N3O4. The van der Waals surface area contributed by atoms with Gasteiger partial charge in [0, 0.05) is 18.3 Å². The number of aryl methyl sites for hydroxylation is 3. The number of benzene rings is 2. The van der Waals surface area contributed by atoms with Gasteiger partial charge in [-0.1, -0.05) is 67.3 Å². The Labute approximate surface area is 230 Å². The van der Waals surface area contributed by atoms with Crippen LogP contribution in [0.2, 0.25) is 0 Å². The molecule has 7 nitrogen and oxygen atoms in total. The van der Waals surface area contributed by atoms with Crippen LogP contribution in [0.15, 0.2) is 54.6 Å². The Balaban J connectivity index is 1.32. The van der Waals surface area contributed by atoms with E-state index in [2.05, 4.69) is 10.6 Å². The molecule has 3 heterocycles. The summed E-state index contributed by atoms with van der Waals surface area (Å²) in [4.78, 5) is 43.5. The fourth-order valence-electron chi connectivity index (χ4n) is 7.13. The van der Waals surface area contributed by atoms with Crippen LogP contribution in [-0.2, 0) is 25.7 Å². The third-order valence-electron chi connectivity index (χ3n) is 8.84. The molecule has 7 heteroatoms. The predicted octanol–water partition coefficient (Wildman–Crippen LogP) is 4.35. The molecule has 3 fully saturated rings. The topological polar surface area (TPSA) is 87.7 Å². The summed E-state index contributed by atoms with van der Waals surface area (Å²) >= 11 is 0. The number of fused-ring (bicyclic) bond motifs is 1. The standard InChI is InChI=1S/C32H37N3O4/c1-19-9-11-22(12-10-19)18-35-28(30(37)33-23-7-5-4-6-8-23)32-14-13-25(39-32)26(27(32)31(35)38)29(36)34-24-16-20(2)15-21(3)17-24/h9-17,23,25-28H,4-8,18H2,1-3H3,(H,33,37)(H,34,36)/t25-,26+,27-,28-,32-/m0/s1. The van der Waals surface area contributed by atoms with E-state index in [9.17, 15) is 14.4 Å². The Morgan fingerprint density at radius 2 is 1.64 bits per heavy atom. The Bertz CT molecular complexity index is 1310. The van der Waals surface area contributed by atoms with Crippen LogP contribution in [0.5, 0.6) is 0 Å². The van der Waals surface area contributed by atoms with E-state index in [1.54, 1.807) is 4.90 Å². The number of nitrogens with one attached hydrogen (secondary N) is 2.